The Labute approximate surface area is 129 Å². The first-order chi connectivity index (χ1) is 10.6. The highest BCUT2D eigenvalue weighted by molar-refractivity contribution is 5.86. The summed E-state index contributed by atoms with van der Waals surface area (Å²) in [5.74, 6) is 2.80. The van der Waals surface area contributed by atoms with E-state index in [2.05, 4.69) is 39.3 Å². The molecule has 0 unspecified atom stereocenters. The van der Waals surface area contributed by atoms with Gasteiger partial charge in [0.15, 0.2) is 11.4 Å². The first kappa shape index (κ1) is 14.4. The number of fused-ring (bicyclic) bond motifs is 1. The lowest BCUT2D eigenvalue weighted by Crippen LogP contribution is -2.04. The molecule has 0 fully saturated rings. The van der Waals surface area contributed by atoms with Gasteiger partial charge in [-0.25, -0.2) is 15.0 Å². The lowest BCUT2D eigenvalue weighted by atomic mass is 10.1. The van der Waals surface area contributed by atoms with Gasteiger partial charge in [-0.15, -0.1) is 0 Å². The second-order valence-electron chi connectivity index (χ2n) is 5.73. The maximum atomic E-state index is 5.36. The molecule has 0 aliphatic carbocycles. The molecule has 0 amide bonds. The fourth-order valence-corrected chi connectivity index (χ4v) is 2.33. The Bertz CT molecular complexity index is 781. The van der Waals surface area contributed by atoms with Crippen LogP contribution in [0.4, 0.5) is 5.82 Å². The maximum Gasteiger partial charge on any atom is 0.164 e. The van der Waals surface area contributed by atoms with Gasteiger partial charge in [0.25, 0.3) is 0 Å². The molecule has 22 heavy (non-hydrogen) atoms. The topological polar surface area (TPSA) is 76.7 Å². The predicted octanol–water partition coefficient (Wildman–Crippen LogP) is 3.13. The molecule has 0 bridgehead atoms. The van der Waals surface area contributed by atoms with Gasteiger partial charge in [-0.05, 0) is 31.4 Å². The highest BCUT2D eigenvalue weighted by Crippen LogP contribution is 2.19. The van der Waals surface area contributed by atoms with Crippen molar-refractivity contribution in [1.29, 1.82) is 0 Å². The summed E-state index contributed by atoms with van der Waals surface area (Å²) in [6.45, 7) is 6.71. The normalized spacial score (nSPS) is 11.3. The van der Waals surface area contributed by atoms with Crippen LogP contribution in [0.5, 0.6) is 0 Å². The fourth-order valence-electron chi connectivity index (χ4n) is 2.33. The first-order valence-electron chi connectivity index (χ1n) is 7.39. The van der Waals surface area contributed by atoms with Crippen LogP contribution < -0.4 is 5.32 Å². The minimum Gasteiger partial charge on any atom is -0.362 e. The number of nitrogens with zero attached hydrogens (tertiary/aromatic N) is 4. The van der Waals surface area contributed by atoms with E-state index in [-0.39, 0.29) is 0 Å². The van der Waals surface area contributed by atoms with Crippen molar-refractivity contribution >= 4 is 16.9 Å². The number of aromatic nitrogens is 4. The van der Waals surface area contributed by atoms with Gasteiger partial charge >= 0.3 is 0 Å². The molecule has 0 aliphatic rings. The van der Waals surface area contributed by atoms with Crippen molar-refractivity contribution in [2.75, 3.05) is 5.32 Å². The summed E-state index contributed by atoms with van der Waals surface area (Å²) in [5.41, 5.74) is 1.67. The molecule has 0 atom stereocenters. The van der Waals surface area contributed by atoms with Crippen molar-refractivity contribution in [3.8, 4) is 0 Å². The van der Waals surface area contributed by atoms with E-state index in [1.165, 1.54) is 0 Å². The third-order valence-corrected chi connectivity index (χ3v) is 3.24. The Morgan fingerprint density at radius 2 is 2.14 bits per heavy atom. The van der Waals surface area contributed by atoms with E-state index in [1.807, 2.05) is 25.1 Å². The molecule has 3 heterocycles. The molecule has 6 heteroatoms. The van der Waals surface area contributed by atoms with Crippen LogP contribution in [0, 0.1) is 12.8 Å². The average Bonchev–Trinajstić information content (AvgIpc) is 2.91. The highest BCUT2D eigenvalue weighted by Gasteiger charge is 2.09. The number of hydrogen-bond acceptors (Lipinski definition) is 6. The zero-order chi connectivity index (χ0) is 15.5. The third kappa shape index (κ3) is 3.21. The Kier molecular flexibility index (Phi) is 4.00. The smallest absolute Gasteiger partial charge is 0.164 e. The van der Waals surface area contributed by atoms with Crippen LogP contribution in [0.3, 0.4) is 0 Å². The van der Waals surface area contributed by atoms with Crippen molar-refractivity contribution in [2.24, 2.45) is 5.92 Å². The van der Waals surface area contributed by atoms with Crippen LogP contribution in [0.15, 0.2) is 28.9 Å². The van der Waals surface area contributed by atoms with Crippen LogP contribution in [0.25, 0.3) is 11.0 Å². The second kappa shape index (κ2) is 6.09. The van der Waals surface area contributed by atoms with E-state index >= 15 is 0 Å². The molecule has 6 nitrogen and oxygen atoms in total. The Hall–Kier alpha value is -2.50. The molecule has 0 aliphatic heterocycles. The van der Waals surface area contributed by atoms with Crippen molar-refractivity contribution in [3.63, 3.8) is 0 Å². The van der Waals surface area contributed by atoms with Crippen LogP contribution in [0.2, 0.25) is 0 Å². The zero-order valence-electron chi connectivity index (χ0n) is 13.0. The molecule has 114 valence electrons. The van der Waals surface area contributed by atoms with Crippen molar-refractivity contribution in [3.05, 3.63) is 41.7 Å². The van der Waals surface area contributed by atoms with Gasteiger partial charge < -0.3 is 9.84 Å². The molecule has 0 aromatic carbocycles. The van der Waals surface area contributed by atoms with Gasteiger partial charge in [-0.1, -0.05) is 19.0 Å². The summed E-state index contributed by atoms with van der Waals surface area (Å²) >= 11 is 0. The molecule has 0 saturated heterocycles. The van der Waals surface area contributed by atoms with Crippen LogP contribution in [-0.2, 0) is 13.0 Å². The van der Waals surface area contributed by atoms with Crippen molar-refractivity contribution in [2.45, 2.75) is 33.7 Å². The molecule has 3 aromatic rings. The summed E-state index contributed by atoms with van der Waals surface area (Å²) in [5, 5.41) is 8.27. The maximum absolute atomic E-state index is 5.36. The molecule has 0 saturated carbocycles. The molecular weight excluding hydrogens is 278 g/mol. The van der Waals surface area contributed by atoms with Gasteiger partial charge in [-0.2, -0.15) is 0 Å². The van der Waals surface area contributed by atoms with E-state index in [0.717, 1.165) is 29.1 Å². The minimum absolute atomic E-state index is 0.533. The van der Waals surface area contributed by atoms with Crippen LogP contribution in [-0.4, -0.2) is 20.1 Å². The van der Waals surface area contributed by atoms with E-state index in [9.17, 15) is 0 Å². The third-order valence-electron chi connectivity index (χ3n) is 3.24. The second-order valence-corrected chi connectivity index (χ2v) is 5.73. The Morgan fingerprint density at radius 1 is 1.27 bits per heavy atom. The highest BCUT2D eigenvalue weighted by atomic mass is 16.5. The number of aryl methyl sites for hydroxylation is 1. The minimum atomic E-state index is 0.533. The van der Waals surface area contributed by atoms with E-state index in [1.54, 1.807) is 6.20 Å². The van der Waals surface area contributed by atoms with Gasteiger partial charge in [0.2, 0.25) is 0 Å². The summed E-state index contributed by atoms with van der Waals surface area (Å²) in [6.07, 6.45) is 2.65. The lowest BCUT2D eigenvalue weighted by molar-refractivity contribution is 0.378. The van der Waals surface area contributed by atoms with Crippen LogP contribution in [0.1, 0.15) is 31.1 Å². The van der Waals surface area contributed by atoms with Crippen LogP contribution >= 0.6 is 0 Å². The largest absolute Gasteiger partial charge is 0.362 e. The van der Waals surface area contributed by atoms with Gasteiger partial charge in [-0.3, -0.25) is 0 Å². The average molecular weight is 297 g/mol. The van der Waals surface area contributed by atoms with Gasteiger partial charge in [0.05, 0.1) is 17.6 Å². The summed E-state index contributed by atoms with van der Waals surface area (Å²) in [4.78, 5) is 13.0. The molecule has 0 spiro atoms. The van der Waals surface area contributed by atoms with Crippen molar-refractivity contribution < 1.29 is 4.52 Å². The molecule has 0 radical (unpaired) electrons. The fraction of sp³-hybridized carbons (Fsp3) is 0.375. The Balaban J connectivity index is 1.78. The molecule has 3 aromatic heterocycles. The predicted molar refractivity (Wildman–Crippen MR) is 84.4 cm³/mol. The summed E-state index contributed by atoms with van der Waals surface area (Å²) < 4.78 is 5.36. The van der Waals surface area contributed by atoms with Gasteiger partial charge in [0, 0.05) is 12.3 Å². The standard InChI is InChI=1S/C16H19N5O/c1-10(2)7-12-8-13(22-21-12)9-18-16-14-5-4-6-17-15(14)19-11(3)20-16/h4-6,8,10H,7,9H2,1-3H3,(H,17,18,19,20). The number of pyridine rings is 1. The lowest BCUT2D eigenvalue weighted by Gasteiger charge is -2.07. The van der Waals surface area contributed by atoms with Gasteiger partial charge in [0.1, 0.15) is 11.6 Å². The SMILES string of the molecule is Cc1nc(NCc2cc(CC(C)C)no2)c2cccnc2n1. The summed E-state index contributed by atoms with van der Waals surface area (Å²) in [6, 6.07) is 5.82. The van der Waals surface area contributed by atoms with E-state index < -0.39 is 0 Å². The molecule has 1 N–H and O–H groups in total. The number of nitrogens with one attached hydrogen (secondary N) is 1. The van der Waals surface area contributed by atoms with E-state index in [0.29, 0.717) is 23.9 Å². The number of hydrogen-bond donors (Lipinski definition) is 1. The quantitative estimate of drug-likeness (QED) is 0.779. The number of rotatable bonds is 5. The molecule has 3 rings (SSSR count). The van der Waals surface area contributed by atoms with E-state index in [4.69, 9.17) is 4.52 Å². The first-order valence-corrected chi connectivity index (χ1v) is 7.39. The van der Waals surface area contributed by atoms with Crippen molar-refractivity contribution in [1.82, 2.24) is 20.1 Å². The monoisotopic (exact) mass is 297 g/mol. The zero-order valence-corrected chi connectivity index (χ0v) is 13.0. The summed E-state index contributed by atoms with van der Waals surface area (Å²) in [7, 11) is 0. The number of anilines is 1. The Morgan fingerprint density at radius 3 is 2.95 bits per heavy atom. The molecular formula is C16H19N5O.